The van der Waals surface area contributed by atoms with Crippen LogP contribution in [0.3, 0.4) is 0 Å². The molecule has 0 spiro atoms. The lowest BCUT2D eigenvalue weighted by molar-refractivity contribution is -0.141. The number of hydrogen-bond acceptors (Lipinski definition) is 5. The number of carboxylic acids is 1. The Morgan fingerprint density at radius 3 is 2.50 bits per heavy atom. The van der Waals surface area contributed by atoms with Gasteiger partial charge in [-0.05, 0) is 30.2 Å². The van der Waals surface area contributed by atoms with Crippen LogP contribution in [-0.4, -0.2) is 42.4 Å². The third-order valence-corrected chi connectivity index (χ3v) is 5.29. The molecule has 158 valence electrons. The number of aryl methyl sites for hydroxylation is 1. The third kappa shape index (κ3) is 5.44. The molecule has 30 heavy (non-hydrogen) atoms. The van der Waals surface area contributed by atoms with E-state index in [0.29, 0.717) is 23.4 Å². The molecule has 0 fully saturated rings. The van der Waals surface area contributed by atoms with Crippen LogP contribution in [0.15, 0.2) is 53.6 Å². The molecule has 1 aliphatic rings. The standard InChI is InChI=1S/C21H23N3O5S/c1-14-6-8-15(9-7-14)19-13-18(22-24(19)20(25)10-11-21(26)27)16-4-3-5-17(12-16)23-30(2,28)29/h3-9,12,19,23H,10-11,13H2,1-2H3,(H,26,27). The quantitative estimate of drug-likeness (QED) is 0.702. The van der Waals surface area contributed by atoms with Gasteiger partial charge >= 0.3 is 5.97 Å². The predicted octanol–water partition coefficient (Wildman–Crippen LogP) is 2.91. The van der Waals surface area contributed by atoms with E-state index in [-0.39, 0.29) is 24.8 Å². The van der Waals surface area contributed by atoms with E-state index >= 15 is 0 Å². The van der Waals surface area contributed by atoms with Crippen molar-refractivity contribution in [2.24, 2.45) is 5.10 Å². The molecule has 1 unspecified atom stereocenters. The fraction of sp³-hybridized carbons (Fsp3) is 0.286. The topological polar surface area (TPSA) is 116 Å². The number of sulfonamides is 1. The summed E-state index contributed by atoms with van der Waals surface area (Å²) in [5.41, 5.74) is 3.70. The Balaban J connectivity index is 1.92. The lowest BCUT2D eigenvalue weighted by Crippen LogP contribution is -2.27. The van der Waals surface area contributed by atoms with E-state index < -0.39 is 16.0 Å². The first-order valence-corrected chi connectivity index (χ1v) is 11.3. The molecule has 1 aliphatic heterocycles. The highest BCUT2D eigenvalue weighted by Gasteiger charge is 2.33. The van der Waals surface area contributed by atoms with E-state index in [1.807, 2.05) is 31.2 Å². The maximum Gasteiger partial charge on any atom is 0.303 e. The SMILES string of the molecule is Cc1ccc(C2CC(c3cccc(NS(C)(=O)=O)c3)=NN2C(=O)CCC(=O)O)cc1. The zero-order valence-electron chi connectivity index (χ0n) is 16.7. The highest BCUT2D eigenvalue weighted by atomic mass is 32.2. The van der Waals surface area contributed by atoms with Crippen molar-refractivity contribution in [2.45, 2.75) is 32.2 Å². The number of carbonyl (C=O) groups excluding carboxylic acids is 1. The molecule has 0 radical (unpaired) electrons. The van der Waals surface area contributed by atoms with E-state index in [1.165, 1.54) is 5.01 Å². The fourth-order valence-electron chi connectivity index (χ4n) is 3.27. The van der Waals surface area contributed by atoms with Gasteiger partial charge in [-0.25, -0.2) is 13.4 Å². The van der Waals surface area contributed by atoms with Crippen LogP contribution in [0.5, 0.6) is 0 Å². The van der Waals surface area contributed by atoms with Crippen LogP contribution in [0.4, 0.5) is 5.69 Å². The second-order valence-corrected chi connectivity index (χ2v) is 9.01. The van der Waals surface area contributed by atoms with Gasteiger partial charge in [-0.15, -0.1) is 0 Å². The van der Waals surface area contributed by atoms with Gasteiger partial charge in [-0.1, -0.05) is 42.0 Å². The molecule has 9 heteroatoms. The van der Waals surface area contributed by atoms with Crippen molar-refractivity contribution in [2.75, 3.05) is 11.0 Å². The predicted molar refractivity (Wildman–Crippen MR) is 114 cm³/mol. The summed E-state index contributed by atoms with van der Waals surface area (Å²) in [6.07, 6.45) is 1.09. The number of nitrogens with zero attached hydrogens (tertiary/aromatic N) is 2. The molecule has 0 bridgehead atoms. The summed E-state index contributed by atoms with van der Waals surface area (Å²) in [6, 6.07) is 14.2. The second-order valence-electron chi connectivity index (χ2n) is 7.26. The van der Waals surface area contributed by atoms with E-state index in [9.17, 15) is 18.0 Å². The maximum atomic E-state index is 12.7. The average molecular weight is 429 g/mol. The number of nitrogens with one attached hydrogen (secondary N) is 1. The van der Waals surface area contributed by atoms with Crippen molar-refractivity contribution in [1.82, 2.24) is 5.01 Å². The summed E-state index contributed by atoms with van der Waals surface area (Å²) < 4.78 is 25.5. The van der Waals surface area contributed by atoms with Gasteiger partial charge in [0, 0.05) is 18.5 Å². The van der Waals surface area contributed by atoms with Crippen molar-refractivity contribution in [3.8, 4) is 0 Å². The number of aliphatic carboxylic acids is 1. The number of anilines is 1. The van der Waals surface area contributed by atoms with Gasteiger partial charge in [0.1, 0.15) is 0 Å². The Hall–Kier alpha value is -3.20. The summed E-state index contributed by atoms with van der Waals surface area (Å²) in [7, 11) is -3.43. The zero-order valence-corrected chi connectivity index (χ0v) is 17.5. The van der Waals surface area contributed by atoms with Crippen LogP contribution < -0.4 is 4.72 Å². The van der Waals surface area contributed by atoms with Crippen LogP contribution in [0.25, 0.3) is 0 Å². The number of carboxylic acid groups (broad SMARTS) is 1. The van der Waals surface area contributed by atoms with Gasteiger partial charge in [0.05, 0.1) is 24.4 Å². The minimum Gasteiger partial charge on any atom is -0.481 e. The minimum absolute atomic E-state index is 0.149. The Morgan fingerprint density at radius 1 is 1.17 bits per heavy atom. The summed E-state index contributed by atoms with van der Waals surface area (Å²) in [5.74, 6) is -1.42. The van der Waals surface area contributed by atoms with Crippen LogP contribution >= 0.6 is 0 Å². The summed E-state index contributed by atoms with van der Waals surface area (Å²) >= 11 is 0. The van der Waals surface area contributed by atoms with Crippen molar-refractivity contribution < 1.29 is 23.1 Å². The van der Waals surface area contributed by atoms with E-state index in [0.717, 1.165) is 17.4 Å². The third-order valence-electron chi connectivity index (χ3n) is 4.68. The molecule has 0 aliphatic carbocycles. The number of hydrazone groups is 1. The number of carbonyl (C=O) groups is 2. The van der Waals surface area contributed by atoms with Gasteiger partial charge < -0.3 is 5.11 Å². The monoisotopic (exact) mass is 429 g/mol. The Kier molecular flexibility index (Phi) is 6.21. The van der Waals surface area contributed by atoms with Gasteiger partial charge in [0.15, 0.2) is 0 Å². The first-order valence-electron chi connectivity index (χ1n) is 9.38. The van der Waals surface area contributed by atoms with Gasteiger partial charge in [-0.3, -0.25) is 14.3 Å². The lowest BCUT2D eigenvalue weighted by Gasteiger charge is -2.22. The Labute approximate surface area is 175 Å². The van der Waals surface area contributed by atoms with E-state index in [4.69, 9.17) is 5.11 Å². The van der Waals surface area contributed by atoms with Crippen molar-refractivity contribution in [3.63, 3.8) is 0 Å². The highest BCUT2D eigenvalue weighted by Crippen LogP contribution is 2.34. The fourth-order valence-corrected chi connectivity index (χ4v) is 3.82. The van der Waals surface area contributed by atoms with Crippen molar-refractivity contribution in [1.29, 1.82) is 0 Å². The normalized spacial score (nSPS) is 16.3. The maximum absolute atomic E-state index is 12.7. The molecule has 8 nitrogen and oxygen atoms in total. The molecular formula is C21H23N3O5S. The summed E-state index contributed by atoms with van der Waals surface area (Å²) in [6.45, 7) is 1.97. The van der Waals surface area contributed by atoms with Crippen LogP contribution in [0.1, 0.15) is 42.0 Å². The number of rotatable bonds is 7. The van der Waals surface area contributed by atoms with E-state index in [2.05, 4.69) is 9.82 Å². The lowest BCUT2D eigenvalue weighted by atomic mass is 9.97. The first kappa shape index (κ1) is 21.5. The van der Waals surface area contributed by atoms with Crippen molar-refractivity contribution in [3.05, 3.63) is 65.2 Å². The molecule has 1 atom stereocenters. The molecule has 2 N–H and O–H groups in total. The minimum atomic E-state index is -3.43. The Bertz CT molecular complexity index is 1090. The van der Waals surface area contributed by atoms with Crippen LogP contribution in [-0.2, 0) is 19.6 Å². The van der Waals surface area contributed by atoms with Gasteiger partial charge in [-0.2, -0.15) is 5.10 Å². The Morgan fingerprint density at radius 2 is 1.87 bits per heavy atom. The van der Waals surface area contributed by atoms with Crippen molar-refractivity contribution >= 4 is 33.3 Å². The number of amides is 1. The molecule has 1 heterocycles. The largest absolute Gasteiger partial charge is 0.481 e. The summed E-state index contributed by atoms with van der Waals surface area (Å²) in [5, 5.41) is 14.7. The van der Waals surface area contributed by atoms with Gasteiger partial charge in [0.25, 0.3) is 0 Å². The number of benzene rings is 2. The molecule has 3 rings (SSSR count). The average Bonchev–Trinajstić information content (AvgIpc) is 3.11. The highest BCUT2D eigenvalue weighted by molar-refractivity contribution is 7.92. The smallest absolute Gasteiger partial charge is 0.303 e. The second kappa shape index (κ2) is 8.66. The molecule has 0 aromatic heterocycles. The molecular weight excluding hydrogens is 406 g/mol. The van der Waals surface area contributed by atoms with Crippen LogP contribution in [0, 0.1) is 6.92 Å². The van der Waals surface area contributed by atoms with Gasteiger partial charge in [0.2, 0.25) is 15.9 Å². The first-order chi connectivity index (χ1) is 14.1. The van der Waals surface area contributed by atoms with Crippen LogP contribution in [0.2, 0.25) is 0 Å². The summed E-state index contributed by atoms with van der Waals surface area (Å²) in [4.78, 5) is 23.6. The molecule has 0 saturated heterocycles. The molecule has 2 aromatic carbocycles. The molecule has 0 saturated carbocycles. The number of hydrogen-bond donors (Lipinski definition) is 2. The molecule has 1 amide bonds. The zero-order chi connectivity index (χ0) is 21.9. The van der Waals surface area contributed by atoms with E-state index in [1.54, 1.807) is 24.3 Å². The molecule has 2 aromatic rings.